The number of H-pyrrole nitrogens is 1. The van der Waals surface area contributed by atoms with Crippen LogP contribution >= 0.6 is 0 Å². The van der Waals surface area contributed by atoms with Crippen molar-refractivity contribution in [3.8, 4) is 22.9 Å². The highest BCUT2D eigenvalue weighted by Crippen LogP contribution is 2.29. The van der Waals surface area contributed by atoms with Crippen LogP contribution in [0.3, 0.4) is 0 Å². The molecule has 3 rings (SSSR count). The van der Waals surface area contributed by atoms with Gasteiger partial charge in [0, 0.05) is 6.07 Å². The molecule has 18 heavy (non-hydrogen) atoms. The minimum absolute atomic E-state index is 0.0559. The first-order chi connectivity index (χ1) is 8.63. The van der Waals surface area contributed by atoms with E-state index in [0.29, 0.717) is 16.9 Å². The van der Waals surface area contributed by atoms with Gasteiger partial charge in [0.25, 0.3) is 0 Å². The smallest absolute Gasteiger partial charge is 0.142 e. The molecular weight excluding hydrogens is 235 g/mol. The molecule has 2 aromatic carbocycles. The summed E-state index contributed by atoms with van der Waals surface area (Å²) in [6.07, 6.45) is 0. The van der Waals surface area contributed by atoms with Crippen LogP contribution in [-0.2, 0) is 0 Å². The molecule has 0 aliphatic rings. The van der Waals surface area contributed by atoms with E-state index < -0.39 is 5.82 Å². The second-order valence-corrected chi connectivity index (χ2v) is 3.95. The molecule has 0 saturated carbocycles. The molecule has 3 N–H and O–H groups in total. The Labute approximate surface area is 101 Å². The third-order valence-corrected chi connectivity index (χ3v) is 2.68. The summed E-state index contributed by atoms with van der Waals surface area (Å²) in [4.78, 5) is 7.16. The van der Waals surface area contributed by atoms with Gasteiger partial charge in [0.15, 0.2) is 0 Å². The second kappa shape index (κ2) is 3.73. The highest BCUT2D eigenvalue weighted by molar-refractivity contribution is 5.81. The summed E-state index contributed by atoms with van der Waals surface area (Å²) in [7, 11) is 0. The molecular formula is C13H9FN2O2. The van der Waals surface area contributed by atoms with Gasteiger partial charge in [-0.3, -0.25) is 0 Å². The molecule has 1 heterocycles. The van der Waals surface area contributed by atoms with E-state index in [9.17, 15) is 14.6 Å². The van der Waals surface area contributed by atoms with Crippen molar-refractivity contribution in [3.63, 3.8) is 0 Å². The lowest BCUT2D eigenvalue weighted by molar-refractivity contribution is 0.475. The Morgan fingerprint density at radius 1 is 1.06 bits per heavy atom. The minimum Gasteiger partial charge on any atom is -0.508 e. The molecule has 3 aromatic rings. The summed E-state index contributed by atoms with van der Waals surface area (Å²) in [5.41, 5.74) is 1.53. The van der Waals surface area contributed by atoms with Crippen LogP contribution in [-0.4, -0.2) is 20.2 Å². The zero-order valence-corrected chi connectivity index (χ0v) is 9.18. The van der Waals surface area contributed by atoms with E-state index in [4.69, 9.17) is 0 Å². The molecule has 4 nitrogen and oxygen atoms in total. The summed E-state index contributed by atoms with van der Waals surface area (Å²) in [6.45, 7) is 0. The normalized spacial score (nSPS) is 10.9. The molecule has 0 atom stereocenters. The number of hydrogen-bond acceptors (Lipinski definition) is 3. The highest BCUT2D eigenvalue weighted by atomic mass is 19.1. The minimum atomic E-state index is -0.453. The molecule has 90 valence electrons. The fourth-order valence-corrected chi connectivity index (χ4v) is 1.82. The number of imidazole rings is 1. The third-order valence-electron chi connectivity index (χ3n) is 2.68. The quantitative estimate of drug-likeness (QED) is 0.616. The Kier molecular flexibility index (Phi) is 2.19. The van der Waals surface area contributed by atoms with Crippen molar-refractivity contribution in [2.45, 2.75) is 0 Å². The second-order valence-electron chi connectivity index (χ2n) is 3.95. The monoisotopic (exact) mass is 244 g/mol. The van der Waals surface area contributed by atoms with Gasteiger partial charge in [-0.05, 0) is 30.3 Å². The number of hydrogen-bond donors (Lipinski definition) is 3. The number of benzene rings is 2. The number of fused-ring (bicyclic) bond motifs is 1. The van der Waals surface area contributed by atoms with Crippen LogP contribution in [0.15, 0.2) is 36.4 Å². The van der Waals surface area contributed by atoms with Crippen LogP contribution in [0.25, 0.3) is 22.4 Å². The Balaban J connectivity index is 2.22. The van der Waals surface area contributed by atoms with Crippen LogP contribution < -0.4 is 0 Å². The van der Waals surface area contributed by atoms with Crippen molar-refractivity contribution in [1.82, 2.24) is 9.97 Å². The Morgan fingerprint density at radius 3 is 2.72 bits per heavy atom. The summed E-state index contributed by atoms with van der Waals surface area (Å²) < 4.78 is 13.2. The fraction of sp³-hybridized carbons (Fsp3) is 0. The summed E-state index contributed by atoms with van der Waals surface area (Å²) in [6, 6.07) is 8.32. The van der Waals surface area contributed by atoms with Crippen LogP contribution in [0, 0.1) is 5.82 Å². The number of aromatic amines is 1. The van der Waals surface area contributed by atoms with Gasteiger partial charge in [0.1, 0.15) is 23.1 Å². The molecule has 0 spiro atoms. The van der Waals surface area contributed by atoms with Gasteiger partial charge in [-0.15, -0.1) is 0 Å². The lowest BCUT2D eigenvalue weighted by Gasteiger charge is -2.00. The van der Waals surface area contributed by atoms with Crippen LogP contribution in [0.5, 0.6) is 11.5 Å². The number of nitrogens with zero attached hydrogens (tertiary/aromatic N) is 1. The molecule has 0 fully saturated rings. The Hall–Kier alpha value is -2.56. The van der Waals surface area contributed by atoms with Crippen molar-refractivity contribution < 1.29 is 14.6 Å². The van der Waals surface area contributed by atoms with Gasteiger partial charge in [0.2, 0.25) is 0 Å². The Morgan fingerprint density at radius 2 is 1.89 bits per heavy atom. The lowest BCUT2D eigenvalue weighted by Crippen LogP contribution is -1.83. The molecule has 0 bridgehead atoms. The van der Waals surface area contributed by atoms with Gasteiger partial charge in [-0.25, -0.2) is 9.37 Å². The predicted octanol–water partition coefficient (Wildman–Crippen LogP) is 2.78. The SMILES string of the molecule is Oc1ccc2nc(-c3cc(F)ccc3O)[nH]c2c1. The van der Waals surface area contributed by atoms with Crippen LogP contribution in [0.2, 0.25) is 0 Å². The maximum atomic E-state index is 13.2. The molecule has 5 heteroatoms. The maximum Gasteiger partial charge on any atom is 0.142 e. The van der Waals surface area contributed by atoms with Gasteiger partial charge < -0.3 is 15.2 Å². The van der Waals surface area contributed by atoms with Gasteiger partial charge in [-0.1, -0.05) is 0 Å². The van der Waals surface area contributed by atoms with Gasteiger partial charge in [0.05, 0.1) is 16.6 Å². The number of halogens is 1. The molecule has 0 radical (unpaired) electrons. The fourth-order valence-electron chi connectivity index (χ4n) is 1.82. The van der Waals surface area contributed by atoms with Crippen LogP contribution in [0.1, 0.15) is 0 Å². The molecule has 0 amide bonds. The highest BCUT2D eigenvalue weighted by Gasteiger charge is 2.10. The first-order valence-corrected chi connectivity index (χ1v) is 5.31. The number of nitrogens with one attached hydrogen (secondary N) is 1. The predicted molar refractivity (Wildman–Crippen MR) is 64.8 cm³/mol. The average molecular weight is 244 g/mol. The van der Waals surface area contributed by atoms with Crippen molar-refractivity contribution in [3.05, 3.63) is 42.2 Å². The van der Waals surface area contributed by atoms with E-state index in [1.807, 2.05) is 0 Å². The molecule has 1 aromatic heterocycles. The van der Waals surface area contributed by atoms with E-state index in [1.54, 1.807) is 6.07 Å². The molecule has 0 aliphatic heterocycles. The number of aromatic nitrogens is 2. The van der Waals surface area contributed by atoms with Crippen molar-refractivity contribution >= 4 is 11.0 Å². The van der Waals surface area contributed by atoms with Crippen LogP contribution in [0.4, 0.5) is 4.39 Å². The first kappa shape index (κ1) is 10.6. The summed E-state index contributed by atoms with van der Waals surface area (Å²) >= 11 is 0. The molecule has 0 aliphatic carbocycles. The van der Waals surface area contributed by atoms with Gasteiger partial charge in [-0.2, -0.15) is 0 Å². The molecule has 0 saturated heterocycles. The topological polar surface area (TPSA) is 69.1 Å². The Bertz CT molecular complexity index is 737. The zero-order valence-electron chi connectivity index (χ0n) is 9.18. The summed E-state index contributed by atoms with van der Waals surface area (Å²) in [5, 5.41) is 19.0. The number of phenols is 2. The molecule has 0 unspecified atom stereocenters. The maximum absolute atomic E-state index is 13.2. The van der Waals surface area contributed by atoms with E-state index >= 15 is 0 Å². The number of phenolic OH excluding ortho intramolecular Hbond substituents is 2. The van der Waals surface area contributed by atoms with E-state index in [2.05, 4.69) is 9.97 Å². The summed E-state index contributed by atoms with van der Waals surface area (Å²) in [5.74, 6) is -0.0421. The van der Waals surface area contributed by atoms with Gasteiger partial charge >= 0.3 is 0 Å². The lowest BCUT2D eigenvalue weighted by atomic mass is 10.2. The largest absolute Gasteiger partial charge is 0.508 e. The van der Waals surface area contributed by atoms with Crippen molar-refractivity contribution in [2.24, 2.45) is 0 Å². The van der Waals surface area contributed by atoms with E-state index in [0.717, 1.165) is 0 Å². The zero-order chi connectivity index (χ0) is 12.7. The van der Waals surface area contributed by atoms with Crippen molar-refractivity contribution in [1.29, 1.82) is 0 Å². The first-order valence-electron chi connectivity index (χ1n) is 5.31. The standard InChI is InChI=1S/C13H9FN2O2/c14-7-1-4-12(18)9(5-7)13-15-10-3-2-8(17)6-11(10)16-13/h1-6,17-18H,(H,15,16). The third kappa shape index (κ3) is 1.66. The average Bonchev–Trinajstić information content (AvgIpc) is 2.74. The number of rotatable bonds is 1. The van der Waals surface area contributed by atoms with E-state index in [-0.39, 0.29) is 17.1 Å². The van der Waals surface area contributed by atoms with E-state index in [1.165, 1.54) is 30.3 Å². The number of aromatic hydroxyl groups is 2. The van der Waals surface area contributed by atoms with Crippen molar-refractivity contribution in [2.75, 3.05) is 0 Å².